The molecule has 2 aliphatic carbocycles. The van der Waals surface area contributed by atoms with Gasteiger partial charge in [-0.15, -0.1) is 0 Å². The fourth-order valence-corrected chi connectivity index (χ4v) is 3.81. The number of carboxylic acid groups (broad SMARTS) is 1. The molecule has 0 spiro atoms. The number of fused-ring (bicyclic) bond motifs is 3. The maximum atomic E-state index is 12.2. The van der Waals surface area contributed by atoms with Gasteiger partial charge in [0.1, 0.15) is 6.61 Å². The van der Waals surface area contributed by atoms with E-state index in [1.807, 2.05) is 24.3 Å². The standard InChI is InChI=1S/C21H21NO4/c23-20(24)11-19(13-9-10-13)22-21(25)26-12-18-16-7-3-1-5-14(16)15-6-2-4-8-17(15)18/h1-8,13,18-19H,9-12H2,(H,22,25)(H,23,24). The summed E-state index contributed by atoms with van der Waals surface area (Å²) in [6.07, 6.45) is 1.32. The van der Waals surface area contributed by atoms with E-state index in [-0.39, 0.29) is 30.9 Å². The van der Waals surface area contributed by atoms with Crippen molar-refractivity contribution in [2.45, 2.75) is 31.2 Å². The molecule has 2 aromatic rings. The molecule has 0 radical (unpaired) electrons. The lowest BCUT2D eigenvalue weighted by atomic mass is 9.98. The molecule has 1 unspecified atom stereocenters. The zero-order valence-electron chi connectivity index (χ0n) is 14.4. The second-order valence-electron chi connectivity index (χ2n) is 7.01. The number of benzene rings is 2. The molecule has 0 heterocycles. The van der Waals surface area contributed by atoms with Gasteiger partial charge in [0.05, 0.1) is 6.42 Å². The van der Waals surface area contributed by atoms with Gasteiger partial charge < -0.3 is 15.2 Å². The summed E-state index contributed by atoms with van der Waals surface area (Å²) in [5, 5.41) is 11.7. The number of ether oxygens (including phenoxy) is 1. The van der Waals surface area contributed by atoms with E-state index in [1.54, 1.807) is 0 Å². The topological polar surface area (TPSA) is 75.6 Å². The predicted octanol–water partition coefficient (Wildman–Crippen LogP) is 3.78. The van der Waals surface area contributed by atoms with Crippen LogP contribution < -0.4 is 5.32 Å². The summed E-state index contributed by atoms with van der Waals surface area (Å²) in [5.41, 5.74) is 4.68. The Morgan fingerprint density at radius 1 is 1.04 bits per heavy atom. The van der Waals surface area contributed by atoms with Crippen LogP contribution in [0.2, 0.25) is 0 Å². The van der Waals surface area contributed by atoms with Crippen LogP contribution in [0.4, 0.5) is 4.79 Å². The normalized spacial score (nSPS) is 16.5. The molecule has 0 aromatic heterocycles. The first-order chi connectivity index (χ1) is 12.6. The van der Waals surface area contributed by atoms with Gasteiger partial charge >= 0.3 is 12.1 Å². The summed E-state index contributed by atoms with van der Waals surface area (Å²) < 4.78 is 5.49. The molecule has 0 saturated heterocycles. The lowest BCUT2D eigenvalue weighted by Crippen LogP contribution is -2.38. The van der Waals surface area contributed by atoms with Gasteiger partial charge in [-0.2, -0.15) is 0 Å². The average Bonchev–Trinajstić information content (AvgIpc) is 3.43. The minimum atomic E-state index is -0.902. The van der Waals surface area contributed by atoms with Gasteiger partial charge in [-0.25, -0.2) is 4.79 Å². The summed E-state index contributed by atoms with van der Waals surface area (Å²) in [6, 6.07) is 16.0. The number of aliphatic carboxylic acids is 1. The van der Waals surface area contributed by atoms with Crippen LogP contribution in [0.5, 0.6) is 0 Å². The van der Waals surface area contributed by atoms with E-state index in [1.165, 1.54) is 11.1 Å². The lowest BCUT2D eigenvalue weighted by molar-refractivity contribution is -0.137. The highest BCUT2D eigenvalue weighted by Crippen LogP contribution is 2.44. The Morgan fingerprint density at radius 3 is 2.15 bits per heavy atom. The molecule has 2 aromatic carbocycles. The first kappa shape index (κ1) is 16.6. The number of hydrogen-bond acceptors (Lipinski definition) is 3. The van der Waals surface area contributed by atoms with E-state index >= 15 is 0 Å². The SMILES string of the molecule is O=C(O)CC(NC(=O)OCC1c2ccccc2-c2ccccc21)C1CC1. The molecule has 1 amide bonds. The smallest absolute Gasteiger partial charge is 0.407 e. The van der Waals surface area contributed by atoms with Crippen molar-refractivity contribution in [3.8, 4) is 11.1 Å². The predicted molar refractivity (Wildman–Crippen MR) is 97.0 cm³/mol. The minimum absolute atomic E-state index is 0.00648. The van der Waals surface area contributed by atoms with Crippen LogP contribution in [0.1, 0.15) is 36.3 Å². The van der Waals surface area contributed by atoms with Crippen molar-refractivity contribution in [2.24, 2.45) is 5.92 Å². The largest absolute Gasteiger partial charge is 0.481 e. The van der Waals surface area contributed by atoms with E-state index in [9.17, 15) is 9.59 Å². The molecule has 1 fully saturated rings. The molecule has 2 N–H and O–H groups in total. The second kappa shape index (κ2) is 6.83. The highest BCUT2D eigenvalue weighted by atomic mass is 16.5. The van der Waals surface area contributed by atoms with E-state index < -0.39 is 12.1 Å². The van der Waals surface area contributed by atoms with Gasteiger partial charge in [-0.1, -0.05) is 48.5 Å². The quantitative estimate of drug-likeness (QED) is 0.830. The van der Waals surface area contributed by atoms with Gasteiger partial charge in [-0.05, 0) is 41.0 Å². The van der Waals surface area contributed by atoms with Crippen molar-refractivity contribution in [1.29, 1.82) is 0 Å². The van der Waals surface area contributed by atoms with Crippen molar-refractivity contribution in [1.82, 2.24) is 5.32 Å². The molecule has 2 aliphatic rings. The zero-order chi connectivity index (χ0) is 18.1. The van der Waals surface area contributed by atoms with Crippen LogP contribution in [-0.2, 0) is 9.53 Å². The third kappa shape index (κ3) is 3.29. The van der Waals surface area contributed by atoms with Crippen molar-refractivity contribution < 1.29 is 19.4 Å². The van der Waals surface area contributed by atoms with Gasteiger partial charge in [0.25, 0.3) is 0 Å². The van der Waals surface area contributed by atoms with Gasteiger partial charge in [0, 0.05) is 12.0 Å². The zero-order valence-corrected chi connectivity index (χ0v) is 14.4. The molecule has 1 saturated carbocycles. The molecule has 5 heteroatoms. The maximum Gasteiger partial charge on any atom is 0.407 e. The number of carbonyl (C=O) groups is 2. The Bertz CT molecular complexity index is 798. The van der Waals surface area contributed by atoms with Crippen LogP contribution in [0.3, 0.4) is 0 Å². The van der Waals surface area contributed by atoms with Gasteiger partial charge in [0.15, 0.2) is 0 Å². The molecule has 0 aliphatic heterocycles. The second-order valence-corrected chi connectivity index (χ2v) is 7.01. The number of carboxylic acids is 1. The summed E-state index contributed by atoms with van der Waals surface area (Å²) >= 11 is 0. The van der Waals surface area contributed by atoms with Crippen molar-refractivity contribution >= 4 is 12.1 Å². The summed E-state index contributed by atoms with van der Waals surface area (Å²) in [6.45, 7) is 0.240. The number of amides is 1. The van der Waals surface area contributed by atoms with E-state index in [2.05, 4.69) is 29.6 Å². The Hall–Kier alpha value is -2.82. The van der Waals surface area contributed by atoms with Gasteiger partial charge in [-0.3, -0.25) is 4.79 Å². The first-order valence-corrected chi connectivity index (χ1v) is 8.97. The van der Waals surface area contributed by atoms with E-state index in [4.69, 9.17) is 9.84 Å². The number of carbonyl (C=O) groups excluding carboxylic acids is 1. The number of hydrogen-bond donors (Lipinski definition) is 2. The van der Waals surface area contributed by atoms with Crippen LogP contribution in [0.15, 0.2) is 48.5 Å². The Labute approximate surface area is 152 Å². The highest BCUT2D eigenvalue weighted by molar-refractivity contribution is 5.79. The molecule has 1 atom stereocenters. The van der Waals surface area contributed by atoms with Crippen LogP contribution in [0.25, 0.3) is 11.1 Å². The Morgan fingerprint density at radius 2 is 1.62 bits per heavy atom. The summed E-state index contributed by atoms with van der Waals surface area (Å²) in [5.74, 6) is -0.639. The van der Waals surface area contributed by atoms with Crippen LogP contribution >= 0.6 is 0 Å². The van der Waals surface area contributed by atoms with E-state index in [0.29, 0.717) is 0 Å². The first-order valence-electron chi connectivity index (χ1n) is 8.97. The third-order valence-electron chi connectivity index (χ3n) is 5.23. The fraction of sp³-hybridized carbons (Fsp3) is 0.333. The molecule has 5 nitrogen and oxygen atoms in total. The molecular weight excluding hydrogens is 330 g/mol. The van der Waals surface area contributed by atoms with E-state index in [0.717, 1.165) is 24.0 Å². The monoisotopic (exact) mass is 351 g/mol. The number of rotatable bonds is 6. The molecule has 26 heavy (non-hydrogen) atoms. The number of nitrogens with one attached hydrogen (secondary N) is 1. The highest BCUT2D eigenvalue weighted by Gasteiger charge is 2.34. The van der Waals surface area contributed by atoms with Crippen molar-refractivity contribution in [3.05, 3.63) is 59.7 Å². The Kier molecular flexibility index (Phi) is 4.37. The van der Waals surface area contributed by atoms with Gasteiger partial charge in [0.2, 0.25) is 0 Å². The summed E-state index contributed by atoms with van der Waals surface area (Å²) in [4.78, 5) is 23.2. The fourth-order valence-electron chi connectivity index (χ4n) is 3.81. The van der Waals surface area contributed by atoms with Crippen molar-refractivity contribution in [2.75, 3.05) is 6.61 Å². The summed E-state index contributed by atoms with van der Waals surface area (Å²) in [7, 11) is 0. The average molecular weight is 351 g/mol. The molecule has 4 rings (SSSR count). The molecule has 134 valence electrons. The minimum Gasteiger partial charge on any atom is -0.481 e. The lowest BCUT2D eigenvalue weighted by Gasteiger charge is -2.18. The Balaban J connectivity index is 1.44. The molecular formula is C21H21NO4. The van der Waals surface area contributed by atoms with Crippen LogP contribution in [0, 0.1) is 5.92 Å². The third-order valence-corrected chi connectivity index (χ3v) is 5.23. The van der Waals surface area contributed by atoms with Crippen molar-refractivity contribution in [3.63, 3.8) is 0 Å². The maximum absolute atomic E-state index is 12.2. The molecule has 0 bridgehead atoms. The van der Waals surface area contributed by atoms with Crippen LogP contribution in [-0.4, -0.2) is 29.8 Å². The number of alkyl carbamates (subject to hydrolysis) is 1.